The molecule has 20 heteroatoms. The highest BCUT2D eigenvalue weighted by Gasteiger charge is 2.30. The summed E-state index contributed by atoms with van der Waals surface area (Å²) in [6, 6.07) is 23.7. The highest BCUT2D eigenvalue weighted by Crippen LogP contribution is 2.40. The summed E-state index contributed by atoms with van der Waals surface area (Å²) in [5.41, 5.74) is 8.73. The van der Waals surface area contributed by atoms with E-state index in [0.29, 0.717) is 46.4 Å². The Labute approximate surface area is 426 Å². The van der Waals surface area contributed by atoms with Gasteiger partial charge >= 0.3 is 0 Å². The monoisotopic (exact) mass is 988 g/mol. The van der Waals surface area contributed by atoms with Crippen molar-refractivity contribution in [3.63, 3.8) is 0 Å². The van der Waals surface area contributed by atoms with Crippen molar-refractivity contribution in [1.82, 2.24) is 78.5 Å². The fourth-order valence-corrected chi connectivity index (χ4v) is 9.58. The van der Waals surface area contributed by atoms with Gasteiger partial charge in [-0.3, -0.25) is 0 Å². The number of hydrogen-bond acceptors (Lipinski definition) is 16. The lowest BCUT2D eigenvalue weighted by atomic mass is 9.90. The van der Waals surface area contributed by atoms with Crippen LogP contribution in [0.1, 0.15) is 71.7 Å². The molecular weight excluding hydrogens is 937 g/mol. The van der Waals surface area contributed by atoms with Gasteiger partial charge in [0.15, 0.2) is 23.3 Å². The molecule has 2 aliphatic rings. The maximum absolute atomic E-state index is 5.60. The second-order valence-electron chi connectivity index (χ2n) is 17.8. The molecule has 0 amide bonds. The van der Waals surface area contributed by atoms with Crippen LogP contribution in [0.4, 0.5) is 0 Å². The van der Waals surface area contributed by atoms with Crippen molar-refractivity contribution in [3.8, 4) is 80.4 Å². The van der Waals surface area contributed by atoms with Crippen molar-refractivity contribution < 1.29 is 18.9 Å². The minimum atomic E-state index is 0.0819. The van der Waals surface area contributed by atoms with Gasteiger partial charge in [-0.25, -0.2) is 59.2 Å². The summed E-state index contributed by atoms with van der Waals surface area (Å²) in [6.45, 7) is 5.51. The Morgan fingerprint density at radius 1 is 0.473 bits per heavy atom. The number of aryl methyl sites for hydroxylation is 4. The number of imidazole rings is 2. The average Bonchev–Trinajstić information content (AvgIpc) is 4.30. The highest BCUT2D eigenvalue weighted by molar-refractivity contribution is 5.67. The van der Waals surface area contributed by atoms with Crippen molar-refractivity contribution in [2.75, 3.05) is 28.4 Å². The van der Waals surface area contributed by atoms with E-state index in [2.05, 4.69) is 54.2 Å². The molecular formula is C54H52N16O4. The number of hydrogen-bond donors (Lipinski definition) is 0. The summed E-state index contributed by atoms with van der Waals surface area (Å²) in [6.07, 6.45) is 18.2. The van der Waals surface area contributed by atoms with E-state index in [-0.39, 0.29) is 11.8 Å². The largest absolute Gasteiger partial charge is 0.496 e. The molecule has 0 unspecified atom stereocenters. The Kier molecular flexibility index (Phi) is 13.1. The normalized spacial score (nSPS) is 14.8. The molecule has 0 bridgehead atoms. The third kappa shape index (κ3) is 9.28. The van der Waals surface area contributed by atoms with Crippen LogP contribution < -0.4 is 18.9 Å². The first kappa shape index (κ1) is 47.1. The van der Waals surface area contributed by atoms with Gasteiger partial charge in [0, 0.05) is 62.1 Å². The molecule has 0 fully saturated rings. The molecule has 10 heterocycles. The number of benzene rings is 2. The minimum absolute atomic E-state index is 0.0819. The molecule has 20 nitrogen and oxygen atoms in total. The summed E-state index contributed by atoms with van der Waals surface area (Å²) in [5.74, 6) is 6.85. The zero-order valence-electron chi connectivity index (χ0n) is 41.7. The van der Waals surface area contributed by atoms with E-state index in [9.17, 15) is 0 Å². The number of aromatic nitrogens is 16. The maximum atomic E-state index is 5.60. The molecule has 74 heavy (non-hydrogen) atoms. The van der Waals surface area contributed by atoms with Crippen LogP contribution in [0.3, 0.4) is 0 Å². The first-order valence-corrected chi connectivity index (χ1v) is 24.2. The first-order valence-electron chi connectivity index (χ1n) is 24.2. The molecule has 12 rings (SSSR count). The third-order valence-electron chi connectivity index (χ3n) is 13.1. The standard InChI is InChI=1S/2C27H26N8O2/c2*1-17-15-34(16-30-17)22-9-8-21(31-27(22)37-3)25-32-26-19(6-4-13-35(26)33-25)18-7-10-23(36-2)20(14-18)24-28-11-5-12-29-24/h2*5,7-12,14-16,19H,4,6,13H2,1-3H3/t2*19-/m10/s1. The second kappa shape index (κ2) is 20.5. The molecule has 10 aromatic rings. The van der Waals surface area contributed by atoms with Crippen molar-refractivity contribution in [2.24, 2.45) is 0 Å². The summed E-state index contributed by atoms with van der Waals surface area (Å²) in [5, 5.41) is 9.62. The van der Waals surface area contributed by atoms with Crippen LogP contribution in [-0.4, -0.2) is 107 Å². The zero-order chi connectivity index (χ0) is 50.7. The van der Waals surface area contributed by atoms with E-state index in [1.54, 1.807) is 78.0 Å². The molecule has 2 aromatic carbocycles. The average molecular weight is 989 g/mol. The molecule has 0 aliphatic carbocycles. The van der Waals surface area contributed by atoms with Crippen molar-refractivity contribution >= 4 is 0 Å². The van der Waals surface area contributed by atoms with E-state index < -0.39 is 0 Å². The van der Waals surface area contributed by atoms with Gasteiger partial charge in [0.2, 0.25) is 11.8 Å². The predicted molar refractivity (Wildman–Crippen MR) is 274 cm³/mol. The Morgan fingerprint density at radius 3 is 1.28 bits per heavy atom. The number of rotatable bonds is 12. The molecule has 2 atom stereocenters. The van der Waals surface area contributed by atoms with Crippen molar-refractivity contribution in [2.45, 2.75) is 64.5 Å². The Hall–Kier alpha value is -9.20. The van der Waals surface area contributed by atoms with Crippen LogP contribution in [0, 0.1) is 13.8 Å². The highest BCUT2D eigenvalue weighted by atomic mass is 16.5. The van der Waals surface area contributed by atoms with E-state index in [1.165, 1.54) is 0 Å². The van der Waals surface area contributed by atoms with E-state index in [0.717, 1.165) is 107 Å². The predicted octanol–water partition coefficient (Wildman–Crippen LogP) is 8.47. The van der Waals surface area contributed by atoms with Gasteiger partial charge in [0.1, 0.15) is 45.9 Å². The summed E-state index contributed by atoms with van der Waals surface area (Å²) >= 11 is 0. The van der Waals surface area contributed by atoms with E-state index in [4.69, 9.17) is 49.1 Å². The number of fused-ring (bicyclic) bond motifs is 2. The van der Waals surface area contributed by atoms with Gasteiger partial charge in [0.05, 0.1) is 63.6 Å². The fourth-order valence-electron chi connectivity index (χ4n) is 9.58. The number of nitrogens with zero attached hydrogens (tertiary/aromatic N) is 16. The van der Waals surface area contributed by atoms with Gasteiger partial charge in [-0.2, -0.15) is 0 Å². The lowest BCUT2D eigenvalue weighted by Gasteiger charge is -2.23. The molecule has 0 N–H and O–H groups in total. The van der Waals surface area contributed by atoms with Gasteiger partial charge in [-0.1, -0.05) is 12.1 Å². The Morgan fingerprint density at radius 2 is 0.905 bits per heavy atom. The smallest absolute Gasteiger partial charge is 0.238 e. The zero-order valence-corrected chi connectivity index (χ0v) is 41.7. The fraction of sp³-hybridized carbons (Fsp3) is 0.259. The second-order valence-corrected chi connectivity index (χ2v) is 17.8. The summed E-state index contributed by atoms with van der Waals surface area (Å²) < 4.78 is 30.2. The van der Waals surface area contributed by atoms with Gasteiger partial charge in [-0.05, 0) is 111 Å². The molecule has 2 aliphatic heterocycles. The summed E-state index contributed by atoms with van der Waals surface area (Å²) in [7, 11) is 6.54. The first-order chi connectivity index (χ1) is 36.3. The van der Waals surface area contributed by atoms with E-state index >= 15 is 0 Å². The van der Waals surface area contributed by atoms with Crippen molar-refractivity contribution in [3.05, 3.63) is 157 Å². The molecule has 0 saturated carbocycles. The maximum Gasteiger partial charge on any atom is 0.238 e. The number of methoxy groups -OCH3 is 4. The van der Waals surface area contributed by atoms with Crippen LogP contribution in [0.25, 0.3) is 57.2 Å². The van der Waals surface area contributed by atoms with Crippen LogP contribution in [0.15, 0.2) is 123 Å². The third-order valence-corrected chi connectivity index (χ3v) is 13.1. The minimum Gasteiger partial charge on any atom is -0.496 e. The lowest BCUT2D eigenvalue weighted by molar-refractivity contribution is 0.396. The van der Waals surface area contributed by atoms with Gasteiger partial charge in [-0.15, -0.1) is 10.2 Å². The Bertz CT molecular complexity index is 3360. The molecule has 0 saturated heterocycles. The van der Waals surface area contributed by atoms with Crippen LogP contribution >= 0.6 is 0 Å². The lowest BCUT2D eigenvalue weighted by Crippen LogP contribution is -2.18. The molecule has 372 valence electrons. The number of ether oxygens (including phenoxy) is 4. The Balaban J connectivity index is 0.000000159. The molecule has 0 radical (unpaired) electrons. The van der Waals surface area contributed by atoms with Gasteiger partial charge < -0.3 is 28.1 Å². The molecule has 8 aromatic heterocycles. The quantitative estimate of drug-likeness (QED) is 0.112. The number of pyridine rings is 2. The topological polar surface area (TPSA) is 211 Å². The van der Waals surface area contributed by atoms with Gasteiger partial charge in [0.25, 0.3) is 0 Å². The van der Waals surface area contributed by atoms with Crippen molar-refractivity contribution in [1.29, 1.82) is 0 Å². The van der Waals surface area contributed by atoms with Crippen LogP contribution in [0.2, 0.25) is 0 Å². The molecule has 0 spiro atoms. The van der Waals surface area contributed by atoms with Crippen LogP contribution in [0.5, 0.6) is 23.3 Å². The van der Waals surface area contributed by atoms with Crippen LogP contribution in [-0.2, 0) is 13.1 Å². The SMILES string of the molecule is COc1ccc([C@@H]2CCCn3nc(-c4ccc(-n5cnc(C)c5)c(OC)n4)nc32)cc1-c1ncccn1.COc1ccc([C@H]2CCCn3nc(-c4ccc(-n5cnc(C)c5)c(OC)n4)nc32)cc1-c1ncccn1. The van der Waals surface area contributed by atoms with E-state index in [1.807, 2.05) is 81.1 Å². The summed E-state index contributed by atoms with van der Waals surface area (Å²) in [4.78, 5) is 45.7.